The van der Waals surface area contributed by atoms with Gasteiger partial charge in [-0.15, -0.1) is 0 Å². The number of hydrogen-bond donors (Lipinski definition) is 1. The number of nitrogens with zero attached hydrogens (tertiary/aromatic N) is 2. The minimum Gasteiger partial charge on any atom is -0.368 e. The van der Waals surface area contributed by atoms with Crippen molar-refractivity contribution in [2.45, 2.75) is 13.3 Å². The number of piperazine rings is 1. The lowest BCUT2D eigenvalue weighted by molar-refractivity contribution is -0.131. The second kappa shape index (κ2) is 6.22. The van der Waals surface area contributed by atoms with E-state index in [1.807, 2.05) is 36.1 Å². The molecule has 1 aromatic carbocycles. The highest BCUT2D eigenvalue weighted by molar-refractivity contribution is 5.76. The van der Waals surface area contributed by atoms with Gasteiger partial charge in [-0.3, -0.25) is 9.59 Å². The van der Waals surface area contributed by atoms with Gasteiger partial charge in [0.15, 0.2) is 0 Å². The van der Waals surface area contributed by atoms with Gasteiger partial charge in [0.05, 0.1) is 0 Å². The molecule has 1 heterocycles. The Hall–Kier alpha value is -2.04. The fraction of sp³-hybridized carbons (Fsp3) is 0.429. The molecule has 5 heteroatoms. The van der Waals surface area contributed by atoms with Gasteiger partial charge in [0.2, 0.25) is 12.3 Å². The molecule has 0 bridgehead atoms. The largest absolute Gasteiger partial charge is 0.368 e. The number of anilines is 2. The molecule has 2 rings (SSSR count). The first kappa shape index (κ1) is 13.4. The fourth-order valence-corrected chi connectivity index (χ4v) is 2.27. The summed E-state index contributed by atoms with van der Waals surface area (Å²) < 4.78 is 0. The van der Waals surface area contributed by atoms with Gasteiger partial charge in [0.1, 0.15) is 0 Å². The fourth-order valence-electron chi connectivity index (χ4n) is 2.27. The summed E-state index contributed by atoms with van der Waals surface area (Å²) in [6, 6.07) is 7.74. The van der Waals surface area contributed by atoms with Crippen LogP contribution in [0, 0.1) is 0 Å². The maximum Gasteiger partial charge on any atom is 0.222 e. The molecule has 2 amide bonds. The van der Waals surface area contributed by atoms with E-state index in [4.69, 9.17) is 0 Å². The van der Waals surface area contributed by atoms with Crippen molar-refractivity contribution in [2.75, 3.05) is 36.4 Å². The van der Waals surface area contributed by atoms with E-state index in [9.17, 15) is 9.59 Å². The maximum absolute atomic E-state index is 11.6. The van der Waals surface area contributed by atoms with Gasteiger partial charge >= 0.3 is 0 Å². The molecule has 0 atom stereocenters. The molecule has 19 heavy (non-hydrogen) atoms. The van der Waals surface area contributed by atoms with Crippen molar-refractivity contribution in [1.82, 2.24) is 4.90 Å². The summed E-state index contributed by atoms with van der Waals surface area (Å²) in [5.74, 6) is 0.227. The first-order valence-corrected chi connectivity index (χ1v) is 6.57. The zero-order chi connectivity index (χ0) is 13.7. The van der Waals surface area contributed by atoms with Crippen LogP contribution < -0.4 is 10.2 Å². The van der Waals surface area contributed by atoms with Gasteiger partial charge in [-0.2, -0.15) is 0 Å². The number of rotatable bonds is 4. The number of benzene rings is 1. The molecule has 1 N–H and O–H groups in total. The van der Waals surface area contributed by atoms with Crippen LogP contribution in [0.1, 0.15) is 13.3 Å². The highest BCUT2D eigenvalue weighted by Gasteiger charge is 2.19. The summed E-state index contributed by atoms with van der Waals surface area (Å²) in [5.41, 5.74) is 1.92. The minimum atomic E-state index is 0.227. The molecule has 102 valence electrons. The zero-order valence-electron chi connectivity index (χ0n) is 11.1. The molecule has 0 spiro atoms. The Labute approximate surface area is 113 Å². The second-order valence-electron chi connectivity index (χ2n) is 4.53. The summed E-state index contributed by atoms with van der Waals surface area (Å²) in [7, 11) is 0. The Kier molecular flexibility index (Phi) is 4.39. The Morgan fingerprint density at radius 3 is 2.37 bits per heavy atom. The second-order valence-corrected chi connectivity index (χ2v) is 4.53. The van der Waals surface area contributed by atoms with Crippen LogP contribution in [0.3, 0.4) is 0 Å². The van der Waals surface area contributed by atoms with E-state index in [-0.39, 0.29) is 5.91 Å². The highest BCUT2D eigenvalue weighted by Crippen LogP contribution is 2.19. The van der Waals surface area contributed by atoms with E-state index in [0.29, 0.717) is 12.8 Å². The molecule has 1 fully saturated rings. The van der Waals surface area contributed by atoms with Crippen molar-refractivity contribution in [1.29, 1.82) is 0 Å². The standard InChI is InChI=1S/C14H19N3O2/c1-2-14(19)17-9-7-16(8-10-17)13-5-3-12(4-6-13)15-11-18/h3-6,11H,2,7-10H2,1H3,(H,15,18). The molecule has 1 aliphatic rings. The van der Waals surface area contributed by atoms with Crippen LogP contribution in [-0.2, 0) is 9.59 Å². The van der Waals surface area contributed by atoms with Gasteiger partial charge in [-0.05, 0) is 24.3 Å². The van der Waals surface area contributed by atoms with E-state index in [1.54, 1.807) is 0 Å². The molecule has 0 unspecified atom stereocenters. The molecule has 1 saturated heterocycles. The Balaban J connectivity index is 1.93. The molecule has 1 aliphatic heterocycles. The monoisotopic (exact) mass is 261 g/mol. The number of nitrogens with one attached hydrogen (secondary N) is 1. The van der Waals surface area contributed by atoms with Crippen molar-refractivity contribution >= 4 is 23.7 Å². The Bertz CT molecular complexity index is 437. The Morgan fingerprint density at radius 2 is 1.84 bits per heavy atom. The lowest BCUT2D eigenvalue weighted by atomic mass is 10.2. The molecular formula is C14H19N3O2. The third-order valence-corrected chi connectivity index (χ3v) is 3.39. The predicted octanol–water partition coefficient (Wildman–Crippen LogP) is 1.31. The molecule has 5 nitrogen and oxygen atoms in total. The van der Waals surface area contributed by atoms with Crippen LogP contribution in [0.25, 0.3) is 0 Å². The van der Waals surface area contributed by atoms with Crippen LogP contribution in [-0.4, -0.2) is 43.4 Å². The third-order valence-electron chi connectivity index (χ3n) is 3.39. The smallest absolute Gasteiger partial charge is 0.222 e. The average Bonchev–Trinajstić information content (AvgIpc) is 2.48. The van der Waals surface area contributed by atoms with Gasteiger partial charge in [0, 0.05) is 44.0 Å². The highest BCUT2D eigenvalue weighted by atomic mass is 16.2. The molecule has 0 aromatic heterocycles. The van der Waals surface area contributed by atoms with E-state index in [0.717, 1.165) is 37.6 Å². The summed E-state index contributed by atoms with van der Waals surface area (Å²) >= 11 is 0. The number of hydrogen-bond acceptors (Lipinski definition) is 3. The minimum absolute atomic E-state index is 0.227. The molecular weight excluding hydrogens is 242 g/mol. The number of carbonyl (C=O) groups is 2. The van der Waals surface area contributed by atoms with Crippen molar-refractivity contribution in [3.63, 3.8) is 0 Å². The van der Waals surface area contributed by atoms with Crippen molar-refractivity contribution < 1.29 is 9.59 Å². The van der Waals surface area contributed by atoms with Crippen LogP contribution in [0.2, 0.25) is 0 Å². The predicted molar refractivity (Wildman–Crippen MR) is 75.2 cm³/mol. The zero-order valence-corrected chi connectivity index (χ0v) is 11.1. The van der Waals surface area contributed by atoms with Gasteiger partial charge in [0.25, 0.3) is 0 Å². The lowest BCUT2D eigenvalue weighted by Gasteiger charge is -2.36. The van der Waals surface area contributed by atoms with Gasteiger partial charge in [-0.25, -0.2) is 0 Å². The van der Waals surface area contributed by atoms with Crippen molar-refractivity contribution in [3.8, 4) is 0 Å². The number of amides is 2. The van der Waals surface area contributed by atoms with Crippen molar-refractivity contribution in [3.05, 3.63) is 24.3 Å². The van der Waals surface area contributed by atoms with Gasteiger partial charge in [-0.1, -0.05) is 6.92 Å². The summed E-state index contributed by atoms with van der Waals surface area (Å²) in [6.07, 6.45) is 1.25. The van der Waals surface area contributed by atoms with E-state index < -0.39 is 0 Å². The van der Waals surface area contributed by atoms with E-state index >= 15 is 0 Å². The molecule has 1 aromatic rings. The molecule has 0 aliphatic carbocycles. The van der Waals surface area contributed by atoms with E-state index in [2.05, 4.69) is 10.2 Å². The van der Waals surface area contributed by atoms with E-state index in [1.165, 1.54) is 0 Å². The summed E-state index contributed by atoms with van der Waals surface area (Å²) in [4.78, 5) is 26.1. The first-order valence-electron chi connectivity index (χ1n) is 6.57. The Morgan fingerprint density at radius 1 is 1.21 bits per heavy atom. The number of carbonyl (C=O) groups excluding carboxylic acids is 2. The van der Waals surface area contributed by atoms with Crippen LogP contribution in [0.4, 0.5) is 11.4 Å². The quantitative estimate of drug-likeness (QED) is 0.832. The summed E-state index contributed by atoms with van der Waals surface area (Å²) in [5, 5.41) is 2.62. The maximum atomic E-state index is 11.6. The van der Waals surface area contributed by atoms with Crippen LogP contribution >= 0.6 is 0 Å². The first-order chi connectivity index (χ1) is 9.24. The average molecular weight is 261 g/mol. The topological polar surface area (TPSA) is 52.7 Å². The van der Waals surface area contributed by atoms with Crippen molar-refractivity contribution in [2.24, 2.45) is 0 Å². The third kappa shape index (κ3) is 3.24. The normalized spacial score (nSPS) is 15.2. The van der Waals surface area contributed by atoms with Crippen LogP contribution in [0.15, 0.2) is 24.3 Å². The molecule has 0 saturated carbocycles. The van der Waals surface area contributed by atoms with Crippen LogP contribution in [0.5, 0.6) is 0 Å². The lowest BCUT2D eigenvalue weighted by Crippen LogP contribution is -2.48. The molecule has 0 radical (unpaired) electrons. The SMILES string of the molecule is CCC(=O)N1CCN(c2ccc(NC=O)cc2)CC1. The van der Waals surface area contributed by atoms with Gasteiger partial charge < -0.3 is 15.1 Å². The summed E-state index contributed by atoms with van der Waals surface area (Å²) in [6.45, 7) is 5.16.